The first-order valence-electron chi connectivity index (χ1n) is 6.57. The third kappa shape index (κ3) is 2.69. The van der Waals surface area contributed by atoms with Crippen molar-refractivity contribution in [2.45, 2.75) is 20.8 Å². The van der Waals surface area contributed by atoms with Crippen LogP contribution in [0.4, 0.5) is 10.1 Å². The summed E-state index contributed by atoms with van der Waals surface area (Å²) in [5.41, 5.74) is 5.28. The maximum absolute atomic E-state index is 14.0. The number of rotatable bonds is 3. The molecule has 0 aliphatic carbocycles. The number of nitrogens with zero attached hydrogens (tertiary/aromatic N) is 1. The van der Waals surface area contributed by atoms with Gasteiger partial charge in [-0.1, -0.05) is 36.9 Å². The fraction of sp³-hybridized carbons (Fsp3) is 0.167. The van der Waals surface area contributed by atoms with Crippen LogP contribution in [0.5, 0.6) is 0 Å². The van der Waals surface area contributed by atoms with Crippen LogP contribution in [-0.2, 0) is 0 Å². The van der Waals surface area contributed by atoms with Crippen LogP contribution in [0.2, 0.25) is 0 Å². The van der Waals surface area contributed by atoms with Crippen molar-refractivity contribution in [3.63, 3.8) is 0 Å². The largest absolute Gasteiger partial charge is 0.253 e. The van der Waals surface area contributed by atoms with E-state index in [2.05, 4.69) is 11.6 Å². The van der Waals surface area contributed by atoms with Crippen molar-refractivity contribution in [1.82, 2.24) is 0 Å². The highest BCUT2D eigenvalue weighted by Crippen LogP contribution is 2.34. The smallest absolute Gasteiger partial charge is 0.131 e. The molecule has 0 N–H and O–H groups in total. The Hall–Kier alpha value is -2.22. The maximum atomic E-state index is 14.0. The lowest BCUT2D eigenvalue weighted by atomic mass is 9.96. The second kappa shape index (κ2) is 5.83. The lowest BCUT2D eigenvalue weighted by Gasteiger charge is -2.12. The fourth-order valence-electron chi connectivity index (χ4n) is 2.20. The Morgan fingerprint density at radius 1 is 1.10 bits per heavy atom. The predicted molar refractivity (Wildman–Crippen MR) is 84.3 cm³/mol. The quantitative estimate of drug-likeness (QED) is 0.661. The number of allylic oxidation sites excluding steroid dienone is 1. The summed E-state index contributed by atoms with van der Waals surface area (Å²) in [6.07, 6.45) is 1.72. The first kappa shape index (κ1) is 14.2. The molecule has 102 valence electrons. The summed E-state index contributed by atoms with van der Waals surface area (Å²) in [5.74, 6) is -0.213. The highest BCUT2D eigenvalue weighted by molar-refractivity contribution is 5.95. The molecule has 1 nitrogen and oxygen atoms in total. The number of aryl methyl sites for hydroxylation is 1. The summed E-state index contributed by atoms with van der Waals surface area (Å²) in [6, 6.07) is 10.7. The van der Waals surface area contributed by atoms with E-state index >= 15 is 0 Å². The third-order valence-electron chi connectivity index (χ3n) is 3.38. The van der Waals surface area contributed by atoms with E-state index < -0.39 is 0 Å². The number of hydrogen-bond donors (Lipinski definition) is 0. The highest BCUT2D eigenvalue weighted by Gasteiger charge is 2.11. The van der Waals surface area contributed by atoms with Crippen LogP contribution in [0.3, 0.4) is 0 Å². The first-order chi connectivity index (χ1) is 9.54. The molecule has 0 saturated carbocycles. The van der Waals surface area contributed by atoms with E-state index in [0.29, 0.717) is 5.56 Å². The van der Waals surface area contributed by atoms with Gasteiger partial charge in [0.05, 0.1) is 5.69 Å². The number of hydrogen-bond acceptors (Lipinski definition) is 1. The van der Waals surface area contributed by atoms with E-state index in [1.165, 1.54) is 6.07 Å². The molecule has 0 radical (unpaired) electrons. The molecule has 0 atom stereocenters. The molecule has 2 aromatic rings. The summed E-state index contributed by atoms with van der Waals surface area (Å²) in [5, 5.41) is 0. The summed E-state index contributed by atoms with van der Waals surface area (Å²) in [4.78, 5) is 4.57. The molecule has 2 rings (SSSR count). The molecule has 0 amide bonds. The molecule has 20 heavy (non-hydrogen) atoms. The second-order valence-corrected chi connectivity index (χ2v) is 4.84. The molecule has 0 aromatic heterocycles. The van der Waals surface area contributed by atoms with E-state index in [1.807, 2.05) is 39.0 Å². The van der Waals surface area contributed by atoms with Gasteiger partial charge in [0.2, 0.25) is 0 Å². The van der Waals surface area contributed by atoms with Crippen LogP contribution < -0.4 is 0 Å². The normalized spacial score (nSPS) is 11.5. The van der Waals surface area contributed by atoms with Gasteiger partial charge < -0.3 is 0 Å². The van der Waals surface area contributed by atoms with Crippen LogP contribution >= 0.6 is 0 Å². The zero-order valence-electron chi connectivity index (χ0n) is 12.1. The van der Waals surface area contributed by atoms with Gasteiger partial charge in [-0.25, -0.2) is 4.39 Å². The minimum absolute atomic E-state index is 0.213. The Morgan fingerprint density at radius 2 is 1.80 bits per heavy atom. The molecular formula is C18H18FN. The summed E-state index contributed by atoms with van der Waals surface area (Å²) in [7, 11) is 0. The van der Waals surface area contributed by atoms with E-state index in [1.54, 1.807) is 18.2 Å². The zero-order valence-corrected chi connectivity index (χ0v) is 12.1. The number of halogens is 1. The molecule has 0 heterocycles. The van der Waals surface area contributed by atoms with Crippen LogP contribution in [0.15, 0.2) is 54.0 Å². The van der Waals surface area contributed by atoms with Gasteiger partial charge in [0.25, 0.3) is 0 Å². The third-order valence-corrected chi connectivity index (χ3v) is 3.38. The molecule has 0 aliphatic rings. The van der Waals surface area contributed by atoms with Crippen LogP contribution in [0, 0.1) is 19.7 Å². The molecule has 0 spiro atoms. The summed E-state index contributed by atoms with van der Waals surface area (Å²) >= 11 is 0. The molecule has 2 heteroatoms. The maximum Gasteiger partial charge on any atom is 0.131 e. The Bertz CT molecular complexity index is 684. The molecule has 0 unspecified atom stereocenters. The van der Waals surface area contributed by atoms with Crippen molar-refractivity contribution in [2.75, 3.05) is 0 Å². The fourth-order valence-corrected chi connectivity index (χ4v) is 2.20. The van der Waals surface area contributed by atoms with Crippen molar-refractivity contribution in [2.24, 2.45) is 4.99 Å². The lowest BCUT2D eigenvalue weighted by Crippen LogP contribution is -1.92. The Morgan fingerprint density at radius 3 is 2.45 bits per heavy atom. The Kier molecular flexibility index (Phi) is 4.14. The monoisotopic (exact) mass is 267 g/mol. The van der Waals surface area contributed by atoms with E-state index in [-0.39, 0.29) is 5.82 Å². The minimum atomic E-state index is -0.213. The van der Waals surface area contributed by atoms with Gasteiger partial charge in [0, 0.05) is 11.3 Å². The molecule has 0 fully saturated rings. The van der Waals surface area contributed by atoms with Crippen molar-refractivity contribution in [3.8, 4) is 11.1 Å². The first-order valence-corrected chi connectivity index (χ1v) is 6.57. The summed E-state index contributed by atoms with van der Waals surface area (Å²) in [6.45, 7) is 9.61. The average Bonchev–Trinajstić information content (AvgIpc) is 2.44. The van der Waals surface area contributed by atoms with Gasteiger partial charge in [-0.2, -0.15) is 0 Å². The zero-order chi connectivity index (χ0) is 14.7. The van der Waals surface area contributed by atoms with E-state index in [9.17, 15) is 4.39 Å². The standard InChI is InChI=1S/C18H18FN/c1-5-13(3)20-18-12(2)10-11-15(14(18)4)16-8-6-7-9-17(16)19/h5-11H,1H2,2-4H3. The van der Waals surface area contributed by atoms with Crippen molar-refractivity contribution in [1.29, 1.82) is 0 Å². The molecule has 0 aliphatic heterocycles. The van der Waals surface area contributed by atoms with Crippen LogP contribution in [0.1, 0.15) is 18.1 Å². The molecule has 2 aromatic carbocycles. The van der Waals surface area contributed by atoms with Crippen LogP contribution in [-0.4, -0.2) is 5.71 Å². The van der Waals surface area contributed by atoms with Gasteiger partial charge in [0.1, 0.15) is 5.82 Å². The lowest BCUT2D eigenvalue weighted by molar-refractivity contribution is 0.631. The molecule has 0 saturated heterocycles. The Balaban J connectivity index is 2.67. The minimum Gasteiger partial charge on any atom is -0.253 e. The summed E-state index contributed by atoms with van der Waals surface area (Å²) < 4.78 is 14.0. The number of aliphatic imine (C=N–C) groups is 1. The SMILES string of the molecule is C=CC(C)=Nc1c(C)ccc(-c2ccccc2F)c1C. The van der Waals surface area contributed by atoms with E-state index in [0.717, 1.165) is 28.1 Å². The molecule has 0 bridgehead atoms. The highest BCUT2D eigenvalue weighted by atomic mass is 19.1. The van der Waals surface area contributed by atoms with Crippen molar-refractivity contribution in [3.05, 3.63) is 66.0 Å². The van der Waals surface area contributed by atoms with E-state index in [4.69, 9.17) is 0 Å². The van der Waals surface area contributed by atoms with Crippen molar-refractivity contribution < 1.29 is 4.39 Å². The number of benzene rings is 2. The second-order valence-electron chi connectivity index (χ2n) is 4.84. The van der Waals surface area contributed by atoms with Gasteiger partial charge in [-0.3, -0.25) is 4.99 Å². The van der Waals surface area contributed by atoms with Crippen molar-refractivity contribution >= 4 is 11.4 Å². The van der Waals surface area contributed by atoms with Crippen LogP contribution in [0.25, 0.3) is 11.1 Å². The van der Waals surface area contributed by atoms with Gasteiger partial charge >= 0.3 is 0 Å². The Labute approximate surface area is 119 Å². The topological polar surface area (TPSA) is 12.4 Å². The van der Waals surface area contributed by atoms with Gasteiger partial charge in [0.15, 0.2) is 0 Å². The molecular weight excluding hydrogens is 249 g/mol. The predicted octanol–water partition coefficient (Wildman–Crippen LogP) is 5.39. The van der Waals surface area contributed by atoms with Gasteiger partial charge in [-0.05, 0) is 49.6 Å². The average molecular weight is 267 g/mol. The van der Waals surface area contributed by atoms with Gasteiger partial charge in [-0.15, -0.1) is 0 Å².